The highest BCUT2D eigenvalue weighted by Crippen LogP contribution is 2.38. The van der Waals surface area contributed by atoms with Crippen LogP contribution in [0, 0.1) is 6.92 Å². The topological polar surface area (TPSA) is 0 Å². The van der Waals surface area contributed by atoms with Gasteiger partial charge in [-0.25, -0.2) is 0 Å². The molecule has 2 rings (SSSR count). The van der Waals surface area contributed by atoms with Gasteiger partial charge in [-0.05, 0) is 42.9 Å². The summed E-state index contributed by atoms with van der Waals surface area (Å²) >= 11 is 5.88. The highest BCUT2D eigenvalue weighted by Gasteiger charge is 2.28. The monoisotopic (exact) mass is 207 g/mol. The van der Waals surface area contributed by atoms with Gasteiger partial charge in [0.15, 0.2) is 0 Å². The molecule has 1 aromatic rings. The highest BCUT2D eigenvalue weighted by atomic mass is 35.5. The summed E-state index contributed by atoms with van der Waals surface area (Å²) in [5, 5.41) is 0.813. The summed E-state index contributed by atoms with van der Waals surface area (Å²) in [6.45, 7) is 4.39. The molecule has 0 aromatic heterocycles. The van der Waals surface area contributed by atoms with Crippen LogP contribution in [0.1, 0.15) is 37.7 Å². The van der Waals surface area contributed by atoms with Crippen LogP contribution in [0.25, 0.3) is 0 Å². The zero-order valence-electron chi connectivity index (χ0n) is 8.43. The van der Waals surface area contributed by atoms with Crippen LogP contribution in [0.3, 0.4) is 0 Å². The average Bonchev–Trinajstić information content (AvgIpc) is 2.19. The van der Waals surface area contributed by atoms with Crippen molar-refractivity contribution < 1.29 is 0 Å². The van der Waals surface area contributed by atoms with Crippen LogP contribution in [0.2, 0.25) is 5.02 Å². The molecule has 1 aromatic carbocycles. The van der Waals surface area contributed by atoms with Crippen LogP contribution in [-0.4, -0.2) is 0 Å². The Balaban J connectivity index is 2.23. The molecular formula is C13H16Cl. The van der Waals surface area contributed by atoms with E-state index in [0.717, 1.165) is 5.02 Å². The lowest BCUT2D eigenvalue weighted by molar-refractivity contribution is 0.354. The Hall–Kier alpha value is -0.490. The minimum atomic E-state index is 0.156. The zero-order chi connectivity index (χ0) is 10.0. The number of benzene rings is 1. The van der Waals surface area contributed by atoms with E-state index in [-0.39, 0.29) is 5.41 Å². The van der Waals surface area contributed by atoms with Crippen molar-refractivity contribution in [3.8, 4) is 0 Å². The molecule has 1 radical (unpaired) electrons. The first-order valence-electron chi connectivity index (χ1n) is 5.32. The van der Waals surface area contributed by atoms with Gasteiger partial charge in [0.1, 0.15) is 0 Å². The Kier molecular flexibility index (Phi) is 2.83. The summed E-state index contributed by atoms with van der Waals surface area (Å²) in [5.74, 6) is 0. The Morgan fingerprint density at radius 3 is 2.14 bits per heavy atom. The SMILES string of the molecule is [CH2]C1(c2ccc(Cl)cc2)CCCCC1. The standard InChI is InChI=1S/C13H16Cl/c1-13(9-3-2-4-10-13)11-5-7-12(14)8-6-11/h5-8H,1-4,9-10H2. The summed E-state index contributed by atoms with van der Waals surface area (Å²) in [5.41, 5.74) is 1.50. The first-order valence-corrected chi connectivity index (χ1v) is 5.70. The minimum Gasteiger partial charge on any atom is -0.0843 e. The molecule has 0 amide bonds. The molecule has 0 saturated heterocycles. The van der Waals surface area contributed by atoms with Crippen molar-refractivity contribution in [1.82, 2.24) is 0 Å². The zero-order valence-corrected chi connectivity index (χ0v) is 9.19. The van der Waals surface area contributed by atoms with E-state index in [9.17, 15) is 0 Å². The maximum absolute atomic E-state index is 5.88. The van der Waals surface area contributed by atoms with Crippen molar-refractivity contribution in [2.24, 2.45) is 0 Å². The van der Waals surface area contributed by atoms with Gasteiger partial charge in [0.2, 0.25) is 0 Å². The maximum atomic E-state index is 5.88. The van der Waals surface area contributed by atoms with Gasteiger partial charge in [0, 0.05) is 5.02 Å². The molecule has 14 heavy (non-hydrogen) atoms. The van der Waals surface area contributed by atoms with Gasteiger partial charge >= 0.3 is 0 Å². The fourth-order valence-corrected chi connectivity index (χ4v) is 2.45. The first kappa shape index (κ1) is 10.0. The second-order valence-corrected chi connectivity index (χ2v) is 4.78. The molecule has 1 aliphatic rings. The summed E-state index contributed by atoms with van der Waals surface area (Å²) in [7, 11) is 0. The molecule has 0 spiro atoms. The van der Waals surface area contributed by atoms with E-state index in [1.54, 1.807) is 0 Å². The quantitative estimate of drug-likeness (QED) is 0.641. The second-order valence-electron chi connectivity index (χ2n) is 4.35. The van der Waals surface area contributed by atoms with Gasteiger partial charge in [-0.3, -0.25) is 0 Å². The Morgan fingerprint density at radius 2 is 1.57 bits per heavy atom. The number of halogens is 1. The molecule has 75 valence electrons. The summed E-state index contributed by atoms with van der Waals surface area (Å²) in [6, 6.07) is 8.19. The van der Waals surface area contributed by atoms with Crippen LogP contribution >= 0.6 is 11.6 Å². The molecule has 1 fully saturated rings. The predicted octanol–water partition coefficient (Wildman–Crippen LogP) is 4.38. The van der Waals surface area contributed by atoms with Crippen LogP contribution in [-0.2, 0) is 5.41 Å². The molecule has 0 unspecified atom stereocenters. The lowest BCUT2D eigenvalue weighted by Crippen LogP contribution is -2.25. The third-order valence-corrected chi connectivity index (χ3v) is 3.52. The van der Waals surface area contributed by atoms with Crippen LogP contribution in [0.4, 0.5) is 0 Å². The van der Waals surface area contributed by atoms with Gasteiger partial charge < -0.3 is 0 Å². The molecule has 0 nitrogen and oxygen atoms in total. The van der Waals surface area contributed by atoms with E-state index < -0.39 is 0 Å². The number of hydrogen-bond acceptors (Lipinski definition) is 0. The molecule has 0 bridgehead atoms. The van der Waals surface area contributed by atoms with E-state index >= 15 is 0 Å². The molecule has 1 aliphatic carbocycles. The molecule has 0 N–H and O–H groups in total. The van der Waals surface area contributed by atoms with Crippen LogP contribution in [0.5, 0.6) is 0 Å². The summed E-state index contributed by atoms with van der Waals surface area (Å²) < 4.78 is 0. The van der Waals surface area contributed by atoms with E-state index in [0.29, 0.717) is 0 Å². The Labute approximate surface area is 91.3 Å². The van der Waals surface area contributed by atoms with Crippen molar-refractivity contribution >= 4 is 11.6 Å². The van der Waals surface area contributed by atoms with Crippen molar-refractivity contribution in [2.45, 2.75) is 37.5 Å². The lowest BCUT2D eigenvalue weighted by Gasteiger charge is -2.34. The molecule has 0 atom stereocenters. The van der Waals surface area contributed by atoms with Gasteiger partial charge in [0.25, 0.3) is 0 Å². The second kappa shape index (κ2) is 3.94. The van der Waals surface area contributed by atoms with Crippen molar-refractivity contribution in [1.29, 1.82) is 0 Å². The summed E-state index contributed by atoms with van der Waals surface area (Å²) in [4.78, 5) is 0. The van der Waals surface area contributed by atoms with Crippen molar-refractivity contribution in [3.63, 3.8) is 0 Å². The van der Waals surface area contributed by atoms with Crippen LogP contribution < -0.4 is 0 Å². The third-order valence-electron chi connectivity index (χ3n) is 3.27. The van der Waals surface area contributed by atoms with Gasteiger partial charge in [-0.2, -0.15) is 0 Å². The molecule has 1 heteroatoms. The fourth-order valence-electron chi connectivity index (χ4n) is 2.32. The Morgan fingerprint density at radius 1 is 1.00 bits per heavy atom. The molecule has 1 saturated carbocycles. The molecule has 0 heterocycles. The minimum absolute atomic E-state index is 0.156. The third kappa shape index (κ3) is 1.95. The number of rotatable bonds is 1. The first-order chi connectivity index (χ1) is 6.71. The fraction of sp³-hybridized carbons (Fsp3) is 0.462. The number of hydrogen-bond donors (Lipinski definition) is 0. The van der Waals surface area contributed by atoms with E-state index in [4.69, 9.17) is 11.6 Å². The van der Waals surface area contributed by atoms with Crippen LogP contribution in [0.15, 0.2) is 24.3 Å². The lowest BCUT2D eigenvalue weighted by atomic mass is 9.71. The highest BCUT2D eigenvalue weighted by molar-refractivity contribution is 6.30. The van der Waals surface area contributed by atoms with E-state index in [2.05, 4.69) is 19.1 Å². The largest absolute Gasteiger partial charge is 0.0843 e. The predicted molar refractivity (Wildman–Crippen MR) is 61.6 cm³/mol. The average molecular weight is 208 g/mol. The smallest absolute Gasteiger partial charge is 0.0406 e. The van der Waals surface area contributed by atoms with Gasteiger partial charge in [-0.1, -0.05) is 43.0 Å². The summed E-state index contributed by atoms with van der Waals surface area (Å²) in [6.07, 6.45) is 6.42. The van der Waals surface area contributed by atoms with E-state index in [1.807, 2.05) is 12.1 Å². The Bertz CT molecular complexity index is 294. The van der Waals surface area contributed by atoms with Crippen molar-refractivity contribution in [2.75, 3.05) is 0 Å². The molecule has 0 aliphatic heterocycles. The maximum Gasteiger partial charge on any atom is 0.0406 e. The van der Waals surface area contributed by atoms with Gasteiger partial charge in [-0.15, -0.1) is 0 Å². The molecular weight excluding hydrogens is 192 g/mol. The van der Waals surface area contributed by atoms with E-state index in [1.165, 1.54) is 37.7 Å². The normalized spacial score (nSPS) is 20.7. The van der Waals surface area contributed by atoms with Crippen molar-refractivity contribution in [3.05, 3.63) is 41.8 Å². The van der Waals surface area contributed by atoms with Gasteiger partial charge in [0.05, 0.1) is 0 Å².